The molecule has 1 unspecified atom stereocenters. The lowest BCUT2D eigenvalue weighted by molar-refractivity contribution is 0.293. The number of rotatable bonds is 9. The number of likely N-dealkylation sites (N-methyl/N-ethyl adjacent to an activating group) is 2. The van der Waals surface area contributed by atoms with Gasteiger partial charge < -0.3 is 15.5 Å². The topological polar surface area (TPSA) is 106 Å². The summed E-state index contributed by atoms with van der Waals surface area (Å²) in [6, 6.07) is 4.21. The van der Waals surface area contributed by atoms with Crippen molar-refractivity contribution >= 4 is 57.6 Å². The Kier molecular flexibility index (Phi) is 9.65. The lowest BCUT2D eigenvalue weighted by Gasteiger charge is -2.32. The normalized spacial score (nSPS) is 21.5. The van der Waals surface area contributed by atoms with Crippen LogP contribution in [0.4, 0.5) is 23.1 Å². The Morgan fingerprint density at radius 2 is 1.94 bits per heavy atom. The van der Waals surface area contributed by atoms with Crippen LogP contribution in [0.3, 0.4) is 0 Å². The summed E-state index contributed by atoms with van der Waals surface area (Å²) in [6.45, 7) is 9.56. The first kappa shape index (κ1) is 27.3. The quantitative estimate of drug-likeness (QED) is 0.324. The first-order chi connectivity index (χ1) is 17.4. The minimum Gasteiger partial charge on any atom is -0.370 e. The molecule has 1 saturated carbocycles. The van der Waals surface area contributed by atoms with Gasteiger partial charge in [-0.05, 0) is 49.9 Å². The minimum atomic E-state index is -2.03. The van der Waals surface area contributed by atoms with Gasteiger partial charge in [0.1, 0.15) is 5.02 Å². The summed E-state index contributed by atoms with van der Waals surface area (Å²) >= 11 is 11.1. The summed E-state index contributed by atoms with van der Waals surface area (Å²) in [6.07, 6.45) is 5.65. The van der Waals surface area contributed by atoms with E-state index in [2.05, 4.69) is 55.0 Å². The highest BCUT2D eigenvalue weighted by Gasteiger charge is 2.27. The second kappa shape index (κ2) is 12.7. The molecule has 4 rings (SSSR count). The van der Waals surface area contributed by atoms with Gasteiger partial charge in [0.05, 0.1) is 16.9 Å². The summed E-state index contributed by atoms with van der Waals surface area (Å²) in [5.74, 6) is 1.13. The Morgan fingerprint density at radius 1 is 1.14 bits per heavy atom. The fourth-order valence-corrected chi connectivity index (χ4v) is 5.80. The third-order valence-electron chi connectivity index (χ3n) is 7.11. The average Bonchev–Trinajstić information content (AvgIpc) is 3.04. The van der Waals surface area contributed by atoms with Crippen molar-refractivity contribution in [1.82, 2.24) is 19.6 Å². The molecule has 0 saturated heterocycles. The van der Waals surface area contributed by atoms with Gasteiger partial charge in [0, 0.05) is 44.5 Å². The van der Waals surface area contributed by atoms with Gasteiger partial charge in [0.2, 0.25) is 17.2 Å². The first-order valence-electron chi connectivity index (χ1n) is 12.6. The number of benzene rings is 1. The van der Waals surface area contributed by atoms with Crippen LogP contribution in [0.15, 0.2) is 18.3 Å². The van der Waals surface area contributed by atoms with Crippen LogP contribution >= 0.6 is 23.2 Å². The molecule has 0 spiro atoms. The molecule has 36 heavy (non-hydrogen) atoms. The van der Waals surface area contributed by atoms with Crippen molar-refractivity contribution in [3.63, 3.8) is 0 Å². The van der Waals surface area contributed by atoms with Crippen molar-refractivity contribution in [1.29, 1.82) is 0 Å². The predicted molar refractivity (Wildman–Crippen MR) is 149 cm³/mol. The zero-order valence-electron chi connectivity index (χ0n) is 20.8. The van der Waals surface area contributed by atoms with Crippen LogP contribution in [0.2, 0.25) is 10.0 Å². The smallest absolute Gasteiger partial charge is 0.231 e. The van der Waals surface area contributed by atoms with Crippen LogP contribution in [0.1, 0.15) is 45.1 Å². The van der Waals surface area contributed by atoms with Gasteiger partial charge in [-0.2, -0.15) is 4.98 Å². The molecule has 3 atom stereocenters. The van der Waals surface area contributed by atoms with Crippen molar-refractivity contribution in [3.05, 3.63) is 33.9 Å². The van der Waals surface area contributed by atoms with Gasteiger partial charge in [-0.3, -0.25) is 9.45 Å². The van der Waals surface area contributed by atoms with Crippen LogP contribution in [0.5, 0.6) is 0 Å². The molecule has 12 heteroatoms. The predicted octanol–water partition coefficient (Wildman–Crippen LogP) is 4.89. The molecule has 1 aliphatic carbocycles. The second-order valence-electron chi connectivity index (χ2n) is 9.32. The summed E-state index contributed by atoms with van der Waals surface area (Å²) in [4.78, 5) is 13.8. The number of halogens is 2. The molecule has 4 N–H and O–H groups in total. The van der Waals surface area contributed by atoms with E-state index in [0.29, 0.717) is 28.4 Å². The molecule has 1 aromatic heterocycles. The molecule has 2 aliphatic rings. The lowest BCUT2D eigenvalue weighted by atomic mass is 9.84. The highest BCUT2D eigenvalue weighted by atomic mass is 35.5. The van der Waals surface area contributed by atoms with E-state index in [1.165, 1.54) is 11.3 Å². The van der Waals surface area contributed by atoms with Crippen molar-refractivity contribution in [3.8, 4) is 0 Å². The third kappa shape index (κ3) is 6.79. The van der Waals surface area contributed by atoms with Crippen LogP contribution in [0, 0.1) is 5.92 Å². The molecule has 1 fully saturated rings. The van der Waals surface area contributed by atoms with Crippen molar-refractivity contribution in [2.75, 3.05) is 48.3 Å². The molecule has 1 aromatic carbocycles. The van der Waals surface area contributed by atoms with E-state index in [1.54, 1.807) is 6.20 Å². The monoisotopic (exact) mass is 555 g/mol. The van der Waals surface area contributed by atoms with E-state index in [4.69, 9.17) is 27.8 Å². The van der Waals surface area contributed by atoms with Gasteiger partial charge in [-0.1, -0.05) is 43.0 Å². The minimum absolute atomic E-state index is 0.0887. The Labute approximate surface area is 225 Å². The highest BCUT2D eigenvalue weighted by molar-refractivity contribution is 7.77. The van der Waals surface area contributed by atoms with Crippen LogP contribution in [-0.4, -0.2) is 62.4 Å². The molecular formula is C24H35Cl2N7O2S. The highest BCUT2D eigenvalue weighted by Crippen LogP contribution is 2.36. The summed E-state index contributed by atoms with van der Waals surface area (Å²) in [5.41, 5.74) is 3.13. The van der Waals surface area contributed by atoms with E-state index in [0.717, 1.165) is 64.1 Å². The number of anilines is 4. The maximum atomic E-state index is 11.1. The molecule has 1 aliphatic heterocycles. The zero-order chi connectivity index (χ0) is 25.7. The second-order valence-corrected chi connectivity index (χ2v) is 10.9. The van der Waals surface area contributed by atoms with Crippen molar-refractivity contribution < 1.29 is 8.76 Å². The molecule has 2 aromatic rings. The Balaban J connectivity index is 1.54. The van der Waals surface area contributed by atoms with Crippen molar-refractivity contribution in [2.24, 2.45) is 5.92 Å². The van der Waals surface area contributed by atoms with E-state index in [1.807, 2.05) is 6.07 Å². The molecule has 9 nitrogen and oxygen atoms in total. The Hall–Kier alpha value is -1.69. The van der Waals surface area contributed by atoms with Gasteiger partial charge in [-0.25, -0.2) is 13.9 Å². The number of hydrogen-bond acceptors (Lipinski definition) is 7. The number of nitrogens with zero attached hydrogens (tertiary/aromatic N) is 4. The van der Waals surface area contributed by atoms with Crippen LogP contribution in [-0.2, 0) is 17.8 Å². The van der Waals surface area contributed by atoms with E-state index >= 15 is 0 Å². The van der Waals surface area contributed by atoms with Crippen LogP contribution in [0.25, 0.3) is 0 Å². The summed E-state index contributed by atoms with van der Waals surface area (Å²) in [5, 5.41) is 7.79. The van der Waals surface area contributed by atoms with E-state index < -0.39 is 11.3 Å². The number of fused-ring (bicyclic) bond motifs is 1. The Bertz CT molecular complexity index is 1080. The zero-order valence-corrected chi connectivity index (χ0v) is 23.1. The van der Waals surface area contributed by atoms with Gasteiger partial charge in [0.25, 0.3) is 0 Å². The van der Waals surface area contributed by atoms with Crippen molar-refractivity contribution in [2.45, 2.75) is 52.1 Å². The number of hydrogen-bond donors (Lipinski definition) is 4. The van der Waals surface area contributed by atoms with Gasteiger partial charge in [0.15, 0.2) is 5.82 Å². The molecule has 0 radical (unpaired) electrons. The molecular weight excluding hydrogens is 521 g/mol. The molecule has 198 valence electrons. The maximum Gasteiger partial charge on any atom is 0.231 e. The average molecular weight is 557 g/mol. The maximum absolute atomic E-state index is 11.1. The molecule has 0 bridgehead atoms. The van der Waals surface area contributed by atoms with E-state index in [-0.39, 0.29) is 12.0 Å². The lowest BCUT2D eigenvalue weighted by Crippen LogP contribution is -2.39. The summed E-state index contributed by atoms with van der Waals surface area (Å²) in [7, 11) is 0. The van der Waals surface area contributed by atoms with Crippen LogP contribution < -0.4 is 20.3 Å². The first-order valence-corrected chi connectivity index (χ1v) is 14.4. The standard InChI is InChI=1S/C24H35Cl2N7O2S/c1-3-32-9-10-33(4-2)22-12-21(18(25)11-17(22)15-32)30-24-27-14-19(26)23(31-24)29-20-8-6-5-7-16(20)13-28-36(34)35/h11-12,14,16,20,28H,3-10,13,15H2,1-2H3,(H,34,35)(H2,27,29,30,31)/t16-,20-/m1/s1. The largest absolute Gasteiger partial charge is 0.370 e. The van der Waals surface area contributed by atoms with Gasteiger partial charge in [-0.15, -0.1) is 0 Å². The third-order valence-corrected chi connectivity index (χ3v) is 8.11. The summed E-state index contributed by atoms with van der Waals surface area (Å²) < 4.78 is 22.9. The fraction of sp³-hybridized carbons (Fsp3) is 0.583. The van der Waals surface area contributed by atoms with Gasteiger partial charge >= 0.3 is 0 Å². The number of aromatic nitrogens is 2. The Morgan fingerprint density at radius 3 is 2.69 bits per heavy atom. The molecule has 2 heterocycles. The van der Waals surface area contributed by atoms with E-state index in [9.17, 15) is 4.21 Å². The number of nitrogens with one attached hydrogen (secondary N) is 3. The molecule has 0 amide bonds. The fourth-order valence-electron chi connectivity index (χ4n) is 5.07. The SMILES string of the molecule is CCN1CCN(CC)c2cc(Nc3ncc(Cl)c(N[C@@H]4CCCC[C@@H]4CNS(=O)O)n3)c(Cl)cc2C1.